The van der Waals surface area contributed by atoms with Crippen molar-refractivity contribution < 1.29 is 18.9 Å². The second kappa shape index (κ2) is 4.48. The second-order valence-corrected chi connectivity index (χ2v) is 4.89. The first-order chi connectivity index (χ1) is 10.3. The van der Waals surface area contributed by atoms with Crippen molar-refractivity contribution in [2.45, 2.75) is 0 Å². The Kier molecular flexibility index (Phi) is 2.60. The number of hydrogen-bond donors (Lipinski definition) is 1. The number of rotatable bonds is 2. The van der Waals surface area contributed by atoms with E-state index >= 15 is 0 Å². The van der Waals surface area contributed by atoms with Crippen LogP contribution in [0.25, 0.3) is 21.8 Å². The van der Waals surface area contributed by atoms with Gasteiger partial charge in [-0.05, 0) is 18.2 Å². The molecule has 0 saturated carbocycles. The maximum Gasteiger partial charge on any atom is 0.171 e. The van der Waals surface area contributed by atoms with Crippen LogP contribution in [0.4, 0.5) is 0 Å². The summed E-state index contributed by atoms with van der Waals surface area (Å²) in [6, 6.07) is 7.77. The molecule has 1 aromatic heterocycles. The second-order valence-electron chi connectivity index (χ2n) is 4.89. The summed E-state index contributed by atoms with van der Waals surface area (Å²) in [7, 11) is 3.31. The van der Waals surface area contributed by atoms with Crippen LogP contribution < -0.4 is 18.9 Å². The van der Waals surface area contributed by atoms with Gasteiger partial charge in [-0.15, -0.1) is 0 Å². The Hall–Kier alpha value is -2.56. The van der Waals surface area contributed by atoms with Gasteiger partial charge in [0.2, 0.25) is 0 Å². The first kappa shape index (κ1) is 12.2. The van der Waals surface area contributed by atoms with Crippen LogP contribution in [0.5, 0.6) is 23.0 Å². The summed E-state index contributed by atoms with van der Waals surface area (Å²) in [6.45, 7) is 1.10. The lowest BCUT2D eigenvalue weighted by Crippen LogP contribution is -2.15. The van der Waals surface area contributed by atoms with Crippen LogP contribution >= 0.6 is 0 Å². The van der Waals surface area contributed by atoms with E-state index in [0.29, 0.717) is 19.0 Å². The highest BCUT2D eigenvalue weighted by atomic mass is 16.6. The Balaban J connectivity index is 2.15. The topological polar surface area (TPSA) is 52.7 Å². The Morgan fingerprint density at radius 1 is 1.05 bits per heavy atom. The van der Waals surface area contributed by atoms with Crippen LogP contribution in [0.2, 0.25) is 0 Å². The third kappa shape index (κ3) is 1.70. The van der Waals surface area contributed by atoms with E-state index in [1.165, 1.54) is 0 Å². The average molecular weight is 285 g/mol. The van der Waals surface area contributed by atoms with E-state index in [9.17, 15) is 0 Å². The van der Waals surface area contributed by atoms with Gasteiger partial charge in [-0.2, -0.15) is 0 Å². The highest BCUT2D eigenvalue weighted by Gasteiger charge is 2.22. The van der Waals surface area contributed by atoms with Gasteiger partial charge in [0.15, 0.2) is 11.5 Å². The van der Waals surface area contributed by atoms with Crippen molar-refractivity contribution in [2.24, 2.45) is 0 Å². The van der Waals surface area contributed by atoms with Crippen molar-refractivity contribution in [3.8, 4) is 23.0 Å². The largest absolute Gasteiger partial charge is 0.497 e. The number of H-pyrrole nitrogens is 1. The third-order valence-electron chi connectivity index (χ3n) is 3.77. The van der Waals surface area contributed by atoms with Gasteiger partial charge < -0.3 is 23.9 Å². The molecule has 5 nitrogen and oxygen atoms in total. The van der Waals surface area contributed by atoms with Crippen LogP contribution in [0.15, 0.2) is 24.3 Å². The molecule has 0 amide bonds. The third-order valence-corrected chi connectivity index (χ3v) is 3.77. The molecule has 0 spiro atoms. The van der Waals surface area contributed by atoms with E-state index in [1.54, 1.807) is 14.2 Å². The maximum absolute atomic E-state index is 5.83. The van der Waals surface area contributed by atoms with Crippen LogP contribution in [-0.2, 0) is 0 Å². The van der Waals surface area contributed by atoms with Gasteiger partial charge in [-0.3, -0.25) is 0 Å². The van der Waals surface area contributed by atoms with Gasteiger partial charge in [-0.25, -0.2) is 0 Å². The molecule has 0 saturated heterocycles. The molecule has 0 fully saturated rings. The maximum atomic E-state index is 5.83. The fourth-order valence-electron chi connectivity index (χ4n) is 2.81. The monoisotopic (exact) mass is 285 g/mol. The molecule has 5 heteroatoms. The molecule has 0 unspecified atom stereocenters. The molecule has 1 aliphatic rings. The summed E-state index contributed by atoms with van der Waals surface area (Å²) in [5, 5.41) is 2.00. The van der Waals surface area contributed by atoms with E-state index < -0.39 is 0 Å². The number of hydrogen-bond acceptors (Lipinski definition) is 4. The van der Waals surface area contributed by atoms with Gasteiger partial charge in [0, 0.05) is 17.0 Å². The zero-order valence-electron chi connectivity index (χ0n) is 11.9. The van der Waals surface area contributed by atoms with Gasteiger partial charge in [0.25, 0.3) is 0 Å². The lowest BCUT2D eigenvalue weighted by molar-refractivity contribution is 0.173. The molecule has 108 valence electrons. The highest BCUT2D eigenvalue weighted by Crippen LogP contribution is 2.46. The molecule has 2 heterocycles. The molecule has 1 aliphatic heterocycles. The Bertz CT molecular complexity index is 837. The van der Waals surface area contributed by atoms with E-state index in [4.69, 9.17) is 18.9 Å². The van der Waals surface area contributed by atoms with Crippen LogP contribution in [0, 0.1) is 0 Å². The molecular formula is C16H15NO4. The molecule has 4 rings (SSSR count). The van der Waals surface area contributed by atoms with Gasteiger partial charge >= 0.3 is 0 Å². The number of aromatic nitrogens is 1. The average Bonchev–Trinajstić information content (AvgIpc) is 2.92. The first-order valence-corrected chi connectivity index (χ1v) is 6.78. The van der Waals surface area contributed by atoms with Crippen LogP contribution in [0.1, 0.15) is 0 Å². The summed E-state index contributed by atoms with van der Waals surface area (Å²) in [5.41, 5.74) is 1.91. The minimum absolute atomic E-state index is 0.547. The fourth-order valence-corrected chi connectivity index (χ4v) is 2.81. The van der Waals surface area contributed by atoms with Gasteiger partial charge in [0.1, 0.15) is 24.7 Å². The van der Waals surface area contributed by atoms with Crippen molar-refractivity contribution in [1.29, 1.82) is 0 Å². The molecule has 0 atom stereocenters. The molecule has 3 aromatic rings. The van der Waals surface area contributed by atoms with Crippen molar-refractivity contribution in [1.82, 2.24) is 4.98 Å². The van der Waals surface area contributed by atoms with Crippen LogP contribution in [-0.4, -0.2) is 32.4 Å². The van der Waals surface area contributed by atoms with Crippen molar-refractivity contribution in [3.63, 3.8) is 0 Å². The van der Waals surface area contributed by atoms with Crippen LogP contribution in [0.3, 0.4) is 0 Å². The summed E-state index contributed by atoms with van der Waals surface area (Å²) < 4.78 is 22.3. The minimum Gasteiger partial charge on any atom is -0.497 e. The Labute approximate surface area is 121 Å². The first-order valence-electron chi connectivity index (χ1n) is 6.78. The van der Waals surface area contributed by atoms with Crippen molar-refractivity contribution in [3.05, 3.63) is 24.3 Å². The normalized spacial score (nSPS) is 13.6. The number of fused-ring (bicyclic) bond motifs is 5. The zero-order valence-corrected chi connectivity index (χ0v) is 11.9. The van der Waals surface area contributed by atoms with E-state index in [2.05, 4.69) is 4.98 Å². The molecule has 2 aromatic carbocycles. The fraction of sp³-hybridized carbons (Fsp3) is 0.250. The quantitative estimate of drug-likeness (QED) is 0.786. The number of benzene rings is 2. The standard InChI is InChI=1S/C16H15NO4/c1-18-9-3-4-11-10(7-9)14-15(17-11)12(19-2)8-13-16(14)21-6-5-20-13/h3-4,7-8,17H,5-6H2,1-2H3. The highest BCUT2D eigenvalue weighted by molar-refractivity contribution is 6.13. The zero-order chi connectivity index (χ0) is 14.4. The predicted molar refractivity (Wildman–Crippen MR) is 79.9 cm³/mol. The molecular weight excluding hydrogens is 270 g/mol. The molecule has 1 N–H and O–H groups in total. The molecule has 0 bridgehead atoms. The van der Waals surface area contributed by atoms with Gasteiger partial charge in [0.05, 0.1) is 25.1 Å². The minimum atomic E-state index is 0.547. The number of nitrogens with one attached hydrogen (secondary N) is 1. The molecule has 0 aliphatic carbocycles. The van der Waals surface area contributed by atoms with E-state index in [-0.39, 0.29) is 0 Å². The van der Waals surface area contributed by atoms with Gasteiger partial charge in [-0.1, -0.05) is 0 Å². The predicted octanol–water partition coefficient (Wildman–Crippen LogP) is 3.11. The summed E-state index contributed by atoms with van der Waals surface area (Å²) in [4.78, 5) is 3.38. The molecule has 0 radical (unpaired) electrons. The summed E-state index contributed by atoms with van der Waals surface area (Å²) >= 11 is 0. The Morgan fingerprint density at radius 2 is 1.90 bits per heavy atom. The summed E-state index contributed by atoms with van der Waals surface area (Å²) in [6.07, 6.45) is 0. The molecule has 21 heavy (non-hydrogen) atoms. The number of methoxy groups -OCH3 is 2. The lowest BCUT2D eigenvalue weighted by atomic mass is 10.1. The van der Waals surface area contributed by atoms with E-state index in [1.807, 2.05) is 24.3 Å². The smallest absolute Gasteiger partial charge is 0.171 e. The number of ether oxygens (including phenoxy) is 4. The Morgan fingerprint density at radius 3 is 2.71 bits per heavy atom. The van der Waals surface area contributed by atoms with Crippen molar-refractivity contribution in [2.75, 3.05) is 27.4 Å². The lowest BCUT2D eigenvalue weighted by Gasteiger charge is -2.20. The summed E-state index contributed by atoms with van der Waals surface area (Å²) in [5.74, 6) is 3.02. The van der Waals surface area contributed by atoms with E-state index in [0.717, 1.165) is 39.1 Å². The SMILES string of the molecule is COc1ccc2[nH]c3c(OC)cc4c(c3c2c1)OCCO4. The number of aromatic amines is 1. The van der Waals surface area contributed by atoms with Crippen molar-refractivity contribution >= 4 is 21.8 Å².